The maximum Gasteiger partial charge on any atom is 0.325 e. The summed E-state index contributed by atoms with van der Waals surface area (Å²) in [5.74, 6) is -1.31. The summed E-state index contributed by atoms with van der Waals surface area (Å²) in [6.07, 6.45) is 3.04. The molecule has 1 aromatic carbocycles. The van der Waals surface area contributed by atoms with Gasteiger partial charge in [0.25, 0.3) is 15.9 Å². The van der Waals surface area contributed by atoms with Crippen molar-refractivity contribution in [2.75, 3.05) is 26.2 Å². The molecule has 8 nitrogen and oxygen atoms in total. The normalized spacial score (nSPS) is 19.2. The number of sulfonamides is 1. The number of rotatable bonds is 5. The Kier molecular flexibility index (Phi) is 5.26. The minimum Gasteiger partial charge on any atom is -0.462 e. The highest BCUT2D eigenvalue weighted by Crippen LogP contribution is 2.29. The van der Waals surface area contributed by atoms with E-state index in [1.165, 1.54) is 17.0 Å². The Balaban J connectivity index is 1.54. The van der Waals surface area contributed by atoms with Crippen molar-refractivity contribution in [3.8, 4) is 0 Å². The summed E-state index contributed by atoms with van der Waals surface area (Å²) in [4.78, 5) is 37.5. The van der Waals surface area contributed by atoms with E-state index in [4.69, 9.17) is 4.74 Å². The highest BCUT2D eigenvalue weighted by Gasteiger charge is 2.40. The zero-order valence-electron chi connectivity index (χ0n) is 14.2. The van der Waals surface area contributed by atoms with Gasteiger partial charge in [-0.1, -0.05) is 18.6 Å². The third kappa shape index (κ3) is 3.57. The van der Waals surface area contributed by atoms with Crippen LogP contribution in [0.4, 0.5) is 0 Å². The first-order valence-electron chi connectivity index (χ1n) is 8.51. The Morgan fingerprint density at radius 2 is 1.88 bits per heavy atom. The van der Waals surface area contributed by atoms with Crippen molar-refractivity contribution in [1.82, 2.24) is 9.21 Å². The van der Waals surface area contributed by atoms with Crippen LogP contribution in [0.5, 0.6) is 0 Å². The quantitative estimate of drug-likeness (QED) is 0.700. The van der Waals surface area contributed by atoms with Gasteiger partial charge in [0.05, 0.1) is 12.1 Å². The van der Waals surface area contributed by atoms with Crippen LogP contribution in [-0.4, -0.2) is 61.6 Å². The molecule has 0 saturated carbocycles. The van der Waals surface area contributed by atoms with Gasteiger partial charge < -0.3 is 9.64 Å². The molecule has 0 atom stereocenters. The highest BCUT2D eigenvalue weighted by molar-refractivity contribution is 7.90. The second kappa shape index (κ2) is 7.45. The van der Waals surface area contributed by atoms with E-state index in [1.807, 2.05) is 0 Å². The fourth-order valence-electron chi connectivity index (χ4n) is 3.10. The lowest BCUT2D eigenvalue weighted by molar-refractivity contribution is -0.149. The lowest BCUT2D eigenvalue weighted by Gasteiger charge is -2.20. The number of fused-ring (bicyclic) bond motifs is 1. The number of ether oxygens (including phenoxy) is 1. The number of likely N-dealkylation sites (tertiary alicyclic amines) is 1. The first-order chi connectivity index (χ1) is 12.4. The molecule has 0 N–H and O–H groups in total. The predicted molar refractivity (Wildman–Crippen MR) is 90.7 cm³/mol. The zero-order valence-corrected chi connectivity index (χ0v) is 15.0. The van der Waals surface area contributed by atoms with Gasteiger partial charge in [-0.3, -0.25) is 14.4 Å². The standard InChI is InChI=1S/C17H20N2O6S/c20-15-8-2-1-5-9-18(15)12-16(21)25-11-10-19-17(22)13-6-3-4-7-14(13)26(19,23)24/h3-4,6-7H,1-2,5,8-12H2. The third-order valence-corrected chi connectivity index (χ3v) is 6.30. The fourth-order valence-corrected chi connectivity index (χ4v) is 4.65. The topological polar surface area (TPSA) is 101 Å². The molecule has 26 heavy (non-hydrogen) atoms. The highest BCUT2D eigenvalue weighted by atomic mass is 32.2. The molecule has 2 heterocycles. The molecule has 2 aliphatic rings. The van der Waals surface area contributed by atoms with Gasteiger partial charge >= 0.3 is 5.97 Å². The monoisotopic (exact) mass is 380 g/mol. The average Bonchev–Trinajstić information content (AvgIpc) is 2.73. The van der Waals surface area contributed by atoms with Crippen LogP contribution in [0.25, 0.3) is 0 Å². The van der Waals surface area contributed by atoms with Crippen molar-refractivity contribution in [1.29, 1.82) is 0 Å². The van der Waals surface area contributed by atoms with Gasteiger partial charge in [-0.15, -0.1) is 0 Å². The van der Waals surface area contributed by atoms with E-state index in [-0.39, 0.29) is 36.1 Å². The molecule has 2 amide bonds. The van der Waals surface area contributed by atoms with E-state index >= 15 is 0 Å². The molecule has 9 heteroatoms. The predicted octanol–water partition coefficient (Wildman–Crippen LogP) is 0.777. The van der Waals surface area contributed by atoms with Crippen molar-refractivity contribution < 1.29 is 27.5 Å². The van der Waals surface area contributed by atoms with Crippen molar-refractivity contribution in [2.24, 2.45) is 0 Å². The number of amides is 2. The molecule has 0 aliphatic carbocycles. The number of hydrogen-bond donors (Lipinski definition) is 0. The van der Waals surface area contributed by atoms with Crippen LogP contribution in [0, 0.1) is 0 Å². The lowest BCUT2D eigenvalue weighted by atomic mass is 10.2. The first-order valence-corrected chi connectivity index (χ1v) is 9.95. The molecular formula is C17H20N2O6S. The van der Waals surface area contributed by atoms with Crippen molar-refractivity contribution in [3.63, 3.8) is 0 Å². The molecule has 140 valence electrons. The second-order valence-electron chi connectivity index (χ2n) is 6.22. The lowest BCUT2D eigenvalue weighted by Crippen LogP contribution is -2.37. The van der Waals surface area contributed by atoms with Crippen LogP contribution in [0.3, 0.4) is 0 Å². The largest absolute Gasteiger partial charge is 0.462 e. The molecule has 3 rings (SSSR count). The summed E-state index contributed by atoms with van der Waals surface area (Å²) in [5.41, 5.74) is 0.119. The summed E-state index contributed by atoms with van der Waals surface area (Å²) in [5, 5.41) is 0. The second-order valence-corrected chi connectivity index (χ2v) is 8.06. The number of carbonyl (C=O) groups excluding carboxylic acids is 3. The average molecular weight is 380 g/mol. The zero-order chi connectivity index (χ0) is 18.7. The van der Waals surface area contributed by atoms with E-state index in [9.17, 15) is 22.8 Å². The molecule has 0 aromatic heterocycles. The summed E-state index contributed by atoms with van der Waals surface area (Å²) < 4.78 is 30.5. The molecule has 0 unspecified atom stereocenters. The summed E-state index contributed by atoms with van der Waals surface area (Å²) >= 11 is 0. The number of hydrogen-bond acceptors (Lipinski definition) is 6. The maximum absolute atomic E-state index is 12.4. The minimum absolute atomic E-state index is 0.0357. The molecule has 1 saturated heterocycles. The minimum atomic E-state index is -3.91. The third-order valence-electron chi connectivity index (χ3n) is 4.46. The van der Waals surface area contributed by atoms with E-state index in [0.29, 0.717) is 17.3 Å². The van der Waals surface area contributed by atoms with Gasteiger partial charge in [0.15, 0.2) is 0 Å². The van der Waals surface area contributed by atoms with Crippen molar-refractivity contribution in [3.05, 3.63) is 29.8 Å². The van der Waals surface area contributed by atoms with E-state index in [0.717, 1.165) is 19.3 Å². The number of nitrogens with zero attached hydrogens (tertiary/aromatic N) is 2. The molecule has 1 aromatic rings. The van der Waals surface area contributed by atoms with Gasteiger partial charge in [0, 0.05) is 13.0 Å². The van der Waals surface area contributed by atoms with Crippen molar-refractivity contribution >= 4 is 27.8 Å². The van der Waals surface area contributed by atoms with Gasteiger partial charge in [-0.25, -0.2) is 12.7 Å². The van der Waals surface area contributed by atoms with Crippen LogP contribution >= 0.6 is 0 Å². The summed E-state index contributed by atoms with van der Waals surface area (Å²) in [6.45, 7) is -0.142. The van der Waals surface area contributed by atoms with Crippen LogP contribution < -0.4 is 0 Å². The SMILES string of the molecule is O=C(CN1CCCCCC1=O)OCCN1C(=O)c2ccccc2S1(=O)=O. The molecule has 1 fully saturated rings. The van der Waals surface area contributed by atoms with Crippen LogP contribution in [-0.2, 0) is 24.3 Å². The van der Waals surface area contributed by atoms with E-state index in [1.54, 1.807) is 12.1 Å². The number of benzene rings is 1. The fraction of sp³-hybridized carbons (Fsp3) is 0.471. The number of esters is 1. The Morgan fingerprint density at radius 3 is 2.65 bits per heavy atom. The Morgan fingerprint density at radius 1 is 1.12 bits per heavy atom. The first kappa shape index (κ1) is 18.4. The molecule has 0 bridgehead atoms. The summed E-state index contributed by atoms with van der Waals surface area (Å²) in [6, 6.07) is 5.96. The van der Waals surface area contributed by atoms with E-state index < -0.39 is 21.9 Å². The van der Waals surface area contributed by atoms with Gasteiger partial charge in [0.2, 0.25) is 5.91 Å². The van der Waals surface area contributed by atoms with Crippen molar-refractivity contribution in [2.45, 2.75) is 30.6 Å². The van der Waals surface area contributed by atoms with Gasteiger partial charge in [-0.05, 0) is 25.0 Å². The van der Waals surface area contributed by atoms with Crippen LogP contribution in [0.15, 0.2) is 29.2 Å². The molecular weight excluding hydrogens is 360 g/mol. The molecule has 2 aliphatic heterocycles. The Hall–Kier alpha value is -2.42. The van der Waals surface area contributed by atoms with Crippen LogP contribution in [0.1, 0.15) is 36.0 Å². The number of carbonyl (C=O) groups is 3. The molecule has 0 spiro atoms. The maximum atomic E-state index is 12.4. The molecule has 0 radical (unpaired) electrons. The van der Waals surface area contributed by atoms with E-state index in [2.05, 4.69) is 0 Å². The van der Waals surface area contributed by atoms with Crippen LogP contribution in [0.2, 0.25) is 0 Å². The Labute approximate surface area is 151 Å². The Bertz CT molecular complexity index is 835. The smallest absolute Gasteiger partial charge is 0.325 e. The van der Waals surface area contributed by atoms with Gasteiger partial charge in [0.1, 0.15) is 18.0 Å². The summed E-state index contributed by atoms with van der Waals surface area (Å²) in [7, 11) is -3.91. The van der Waals surface area contributed by atoms with Gasteiger partial charge in [-0.2, -0.15) is 0 Å².